The Balaban J connectivity index is 1.93. The van der Waals surface area contributed by atoms with E-state index in [9.17, 15) is 4.79 Å². The van der Waals surface area contributed by atoms with E-state index in [1.165, 1.54) is 0 Å². The minimum absolute atomic E-state index is 0.123. The van der Waals surface area contributed by atoms with Gasteiger partial charge in [-0.15, -0.1) is 5.10 Å². The largest absolute Gasteiger partial charge is 0.339 e. The molecular weight excluding hydrogens is 184 g/mol. The van der Waals surface area contributed by atoms with Crippen LogP contribution < -0.4 is 4.90 Å². The van der Waals surface area contributed by atoms with Crippen molar-refractivity contribution in [3.63, 3.8) is 0 Å². The highest BCUT2D eigenvalue weighted by atomic mass is 16.2. The van der Waals surface area contributed by atoms with E-state index in [0.29, 0.717) is 5.95 Å². The van der Waals surface area contributed by atoms with Crippen molar-refractivity contribution < 1.29 is 4.79 Å². The lowest BCUT2D eigenvalue weighted by atomic mass is 10.3. The van der Waals surface area contributed by atoms with Crippen LogP contribution in [0.25, 0.3) is 0 Å². The normalized spacial score (nSPS) is 17.2. The molecule has 0 atom stereocenters. The zero-order chi connectivity index (χ0) is 9.97. The first-order valence-corrected chi connectivity index (χ1v) is 4.51. The van der Waals surface area contributed by atoms with Crippen LogP contribution in [-0.2, 0) is 4.79 Å². The first kappa shape index (κ1) is 8.92. The van der Waals surface area contributed by atoms with E-state index in [4.69, 9.17) is 0 Å². The molecule has 14 heavy (non-hydrogen) atoms. The highest BCUT2D eigenvalue weighted by Crippen LogP contribution is 2.08. The number of aromatic nitrogens is 4. The maximum Gasteiger partial charge on any atom is 0.265 e. The van der Waals surface area contributed by atoms with Crippen LogP contribution in [0.4, 0.5) is 5.95 Å². The molecule has 0 aliphatic carbocycles. The molecule has 1 aliphatic rings. The number of H-pyrrole nitrogens is 1. The van der Waals surface area contributed by atoms with Crippen molar-refractivity contribution in [1.82, 2.24) is 25.5 Å². The molecule has 1 saturated heterocycles. The SMILES string of the molecule is CC(=O)N1CCN(c2nn[nH]n2)CC1. The van der Waals surface area contributed by atoms with Gasteiger partial charge >= 0.3 is 0 Å². The van der Waals surface area contributed by atoms with Crippen LogP contribution in [0.3, 0.4) is 0 Å². The number of carbonyl (C=O) groups is 1. The summed E-state index contributed by atoms with van der Waals surface area (Å²) in [5.41, 5.74) is 0. The van der Waals surface area contributed by atoms with E-state index >= 15 is 0 Å². The zero-order valence-electron chi connectivity index (χ0n) is 7.97. The van der Waals surface area contributed by atoms with Crippen molar-refractivity contribution in [3.8, 4) is 0 Å². The number of rotatable bonds is 1. The van der Waals surface area contributed by atoms with Gasteiger partial charge < -0.3 is 9.80 Å². The van der Waals surface area contributed by atoms with Gasteiger partial charge in [0.2, 0.25) is 5.91 Å². The summed E-state index contributed by atoms with van der Waals surface area (Å²) in [6.45, 7) is 4.57. The summed E-state index contributed by atoms with van der Waals surface area (Å²) in [5.74, 6) is 0.728. The summed E-state index contributed by atoms with van der Waals surface area (Å²) >= 11 is 0. The Labute approximate surface area is 81.1 Å². The molecule has 0 spiro atoms. The molecule has 1 aromatic rings. The maximum absolute atomic E-state index is 11.0. The Kier molecular flexibility index (Phi) is 2.30. The second-order valence-electron chi connectivity index (χ2n) is 3.20. The lowest BCUT2D eigenvalue weighted by Gasteiger charge is -2.33. The van der Waals surface area contributed by atoms with Crippen molar-refractivity contribution in [2.75, 3.05) is 31.1 Å². The van der Waals surface area contributed by atoms with Gasteiger partial charge in [0.15, 0.2) is 0 Å². The predicted octanol–water partition coefficient (Wildman–Crippen LogP) is -1.13. The number of piperazine rings is 1. The lowest BCUT2D eigenvalue weighted by Crippen LogP contribution is -2.48. The molecule has 0 unspecified atom stereocenters. The number of amides is 1. The maximum atomic E-state index is 11.0. The van der Waals surface area contributed by atoms with E-state index in [0.717, 1.165) is 26.2 Å². The quantitative estimate of drug-likeness (QED) is 0.614. The minimum Gasteiger partial charge on any atom is -0.339 e. The first-order chi connectivity index (χ1) is 6.77. The van der Waals surface area contributed by atoms with Crippen LogP contribution in [0.2, 0.25) is 0 Å². The molecule has 0 bridgehead atoms. The van der Waals surface area contributed by atoms with Crippen LogP contribution in [0.5, 0.6) is 0 Å². The number of aromatic amines is 1. The van der Waals surface area contributed by atoms with Crippen molar-refractivity contribution in [2.24, 2.45) is 0 Å². The van der Waals surface area contributed by atoms with Gasteiger partial charge in [-0.1, -0.05) is 5.10 Å². The smallest absolute Gasteiger partial charge is 0.265 e. The highest BCUT2D eigenvalue weighted by molar-refractivity contribution is 5.73. The number of hydrogen-bond donors (Lipinski definition) is 1. The van der Waals surface area contributed by atoms with Gasteiger partial charge in [-0.3, -0.25) is 4.79 Å². The van der Waals surface area contributed by atoms with Crippen molar-refractivity contribution in [2.45, 2.75) is 6.92 Å². The highest BCUT2D eigenvalue weighted by Gasteiger charge is 2.20. The van der Waals surface area contributed by atoms with Crippen LogP contribution in [0.15, 0.2) is 0 Å². The van der Waals surface area contributed by atoms with E-state index < -0.39 is 0 Å². The zero-order valence-corrected chi connectivity index (χ0v) is 7.97. The van der Waals surface area contributed by atoms with Crippen LogP contribution in [0, 0.1) is 0 Å². The fourth-order valence-electron chi connectivity index (χ4n) is 1.51. The van der Waals surface area contributed by atoms with Gasteiger partial charge in [-0.05, 0) is 5.21 Å². The van der Waals surface area contributed by atoms with Crippen LogP contribution in [-0.4, -0.2) is 57.6 Å². The van der Waals surface area contributed by atoms with Crippen molar-refractivity contribution >= 4 is 11.9 Å². The monoisotopic (exact) mass is 196 g/mol. The van der Waals surface area contributed by atoms with E-state index in [1.54, 1.807) is 6.92 Å². The molecule has 0 radical (unpaired) electrons. The molecule has 1 N–H and O–H groups in total. The fourth-order valence-corrected chi connectivity index (χ4v) is 1.51. The summed E-state index contributed by atoms with van der Waals surface area (Å²) in [6.07, 6.45) is 0. The Morgan fingerprint density at radius 2 is 2.07 bits per heavy atom. The third kappa shape index (κ3) is 1.66. The number of hydrogen-bond acceptors (Lipinski definition) is 5. The minimum atomic E-state index is 0.123. The number of nitrogens with zero attached hydrogens (tertiary/aromatic N) is 5. The average Bonchev–Trinajstić information content (AvgIpc) is 2.71. The standard InChI is InChI=1S/C7H12N6O/c1-6(14)12-2-4-13(5-3-12)7-8-10-11-9-7/h2-5H2,1H3,(H,8,9,10,11). The van der Waals surface area contributed by atoms with Gasteiger partial charge in [0.05, 0.1) is 0 Å². The molecule has 1 amide bonds. The molecule has 1 aliphatic heterocycles. The van der Waals surface area contributed by atoms with Crippen molar-refractivity contribution in [3.05, 3.63) is 0 Å². The molecule has 76 valence electrons. The van der Waals surface area contributed by atoms with Gasteiger partial charge in [0, 0.05) is 33.1 Å². The summed E-state index contributed by atoms with van der Waals surface area (Å²) in [4.78, 5) is 14.9. The third-order valence-corrected chi connectivity index (χ3v) is 2.34. The van der Waals surface area contributed by atoms with E-state index in [-0.39, 0.29) is 5.91 Å². The molecule has 1 aromatic heterocycles. The molecule has 0 saturated carbocycles. The van der Waals surface area contributed by atoms with Gasteiger partial charge in [0.25, 0.3) is 5.95 Å². The molecule has 2 rings (SSSR count). The molecule has 7 heteroatoms. The first-order valence-electron chi connectivity index (χ1n) is 4.51. The van der Waals surface area contributed by atoms with Gasteiger partial charge in [0.1, 0.15) is 0 Å². The second kappa shape index (κ2) is 3.60. The Morgan fingerprint density at radius 3 is 2.57 bits per heavy atom. The second-order valence-corrected chi connectivity index (χ2v) is 3.20. The van der Waals surface area contributed by atoms with E-state index in [2.05, 4.69) is 20.6 Å². The molecule has 1 fully saturated rings. The topological polar surface area (TPSA) is 78.0 Å². The Morgan fingerprint density at radius 1 is 1.36 bits per heavy atom. The molecular formula is C7H12N6O. The van der Waals surface area contributed by atoms with Crippen LogP contribution in [0.1, 0.15) is 6.92 Å². The fraction of sp³-hybridized carbons (Fsp3) is 0.714. The van der Waals surface area contributed by atoms with Crippen LogP contribution >= 0.6 is 0 Å². The molecule has 7 nitrogen and oxygen atoms in total. The molecule has 2 heterocycles. The number of anilines is 1. The Hall–Kier alpha value is -1.66. The van der Waals surface area contributed by atoms with Gasteiger partial charge in [-0.2, -0.15) is 5.21 Å². The Bertz CT molecular complexity index is 302. The summed E-state index contributed by atoms with van der Waals surface area (Å²) in [6, 6.07) is 0. The van der Waals surface area contributed by atoms with E-state index in [1.807, 2.05) is 9.80 Å². The summed E-state index contributed by atoms with van der Waals surface area (Å²) < 4.78 is 0. The van der Waals surface area contributed by atoms with Gasteiger partial charge in [-0.25, -0.2) is 0 Å². The van der Waals surface area contributed by atoms with Crippen molar-refractivity contribution in [1.29, 1.82) is 0 Å². The summed E-state index contributed by atoms with van der Waals surface area (Å²) in [7, 11) is 0. The molecule has 0 aromatic carbocycles. The number of nitrogens with one attached hydrogen (secondary N) is 1. The predicted molar refractivity (Wildman–Crippen MR) is 48.6 cm³/mol. The average molecular weight is 196 g/mol. The summed E-state index contributed by atoms with van der Waals surface area (Å²) in [5, 5.41) is 13.7. The number of tetrazole rings is 1. The third-order valence-electron chi connectivity index (χ3n) is 2.34. The number of carbonyl (C=O) groups excluding carboxylic acids is 1. The lowest BCUT2D eigenvalue weighted by molar-refractivity contribution is -0.129.